The van der Waals surface area contributed by atoms with E-state index in [4.69, 9.17) is 0 Å². The van der Waals surface area contributed by atoms with Crippen molar-refractivity contribution in [3.8, 4) is 0 Å². The highest BCUT2D eigenvalue weighted by molar-refractivity contribution is 5.84. The van der Waals surface area contributed by atoms with Crippen LogP contribution in [-0.2, 0) is 4.79 Å². The number of hydrogen-bond donors (Lipinski definition) is 2. The molecule has 8 heteroatoms. The van der Waals surface area contributed by atoms with E-state index in [9.17, 15) is 19.3 Å². The fourth-order valence-corrected chi connectivity index (χ4v) is 1.69. The predicted octanol–water partition coefficient (Wildman–Crippen LogP) is 2.30. The molecule has 0 heterocycles. The first kappa shape index (κ1) is 16.1. The van der Waals surface area contributed by atoms with E-state index in [-0.39, 0.29) is 18.0 Å². The number of nitro groups is 1. The molecule has 0 bridgehead atoms. The Labute approximate surface area is 131 Å². The lowest BCUT2D eigenvalue weighted by Crippen LogP contribution is -2.25. The molecule has 0 atom stereocenters. The SMILES string of the molecule is O=C(CNc1ccc(F)cc1)NN=Cc1cccc([N+](=O)[O-])c1. The Bertz CT molecular complexity index is 732. The molecule has 2 N–H and O–H groups in total. The van der Waals surface area contributed by atoms with Gasteiger partial charge in [0.25, 0.3) is 11.6 Å². The van der Waals surface area contributed by atoms with Crippen molar-refractivity contribution in [2.24, 2.45) is 5.10 Å². The molecule has 0 aliphatic carbocycles. The molecule has 0 aliphatic rings. The van der Waals surface area contributed by atoms with Gasteiger partial charge in [-0.15, -0.1) is 0 Å². The maximum Gasteiger partial charge on any atom is 0.270 e. The van der Waals surface area contributed by atoms with Crippen LogP contribution in [0.4, 0.5) is 15.8 Å². The molecule has 0 saturated heterocycles. The Hall–Kier alpha value is -3.29. The monoisotopic (exact) mass is 316 g/mol. The molecule has 0 radical (unpaired) electrons. The molecule has 2 aromatic rings. The third-order valence-corrected chi connectivity index (χ3v) is 2.78. The lowest BCUT2D eigenvalue weighted by molar-refractivity contribution is -0.384. The van der Waals surface area contributed by atoms with Gasteiger partial charge in [-0.2, -0.15) is 5.10 Å². The second kappa shape index (κ2) is 7.64. The number of rotatable bonds is 6. The summed E-state index contributed by atoms with van der Waals surface area (Å²) in [4.78, 5) is 21.7. The quantitative estimate of drug-likeness (QED) is 0.485. The van der Waals surface area contributed by atoms with Gasteiger partial charge in [0.1, 0.15) is 5.82 Å². The van der Waals surface area contributed by atoms with Crippen molar-refractivity contribution in [2.45, 2.75) is 0 Å². The number of nitro benzene ring substituents is 1. The first-order chi connectivity index (χ1) is 11.0. The Morgan fingerprint density at radius 3 is 2.70 bits per heavy atom. The van der Waals surface area contributed by atoms with Gasteiger partial charge in [-0.05, 0) is 24.3 Å². The second-order valence-corrected chi connectivity index (χ2v) is 4.51. The van der Waals surface area contributed by atoms with Crippen LogP contribution in [0.1, 0.15) is 5.56 Å². The fraction of sp³-hybridized carbons (Fsp3) is 0.0667. The maximum atomic E-state index is 12.7. The van der Waals surface area contributed by atoms with Gasteiger partial charge >= 0.3 is 0 Å². The van der Waals surface area contributed by atoms with E-state index < -0.39 is 10.8 Å². The van der Waals surface area contributed by atoms with Crippen LogP contribution in [-0.4, -0.2) is 23.6 Å². The van der Waals surface area contributed by atoms with E-state index in [1.54, 1.807) is 6.07 Å². The van der Waals surface area contributed by atoms with Gasteiger partial charge in [-0.25, -0.2) is 9.82 Å². The number of carbonyl (C=O) groups excluding carboxylic acids is 1. The summed E-state index contributed by atoms with van der Waals surface area (Å²) in [5, 5.41) is 17.2. The molecule has 0 fully saturated rings. The summed E-state index contributed by atoms with van der Waals surface area (Å²) >= 11 is 0. The molecule has 118 valence electrons. The van der Waals surface area contributed by atoms with Crippen LogP contribution in [0.5, 0.6) is 0 Å². The second-order valence-electron chi connectivity index (χ2n) is 4.51. The first-order valence-corrected chi connectivity index (χ1v) is 6.60. The average Bonchev–Trinajstić information content (AvgIpc) is 2.54. The smallest absolute Gasteiger partial charge is 0.270 e. The molecule has 2 rings (SSSR count). The number of benzene rings is 2. The van der Waals surface area contributed by atoms with Gasteiger partial charge in [-0.1, -0.05) is 12.1 Å². The standard InChI is InChI=1S/C15H13FN4O3/c16-12-4-6-13(7-5-12)17-10-15(21)19-18-9-11-2-1-3-14(8-11)20(22)23/h1-9,17H,10H2,(H,19,21). The Morgan fingerprint density at radius 1 is 1.26 bits per heavy atom. The van der Waals surface area contributed by atoms with E-state index >= 15 is 0 Å². The molecular formula is C15H13FN4O3. The summed E-state index contributed by atoms with van der Waals surface area (Å²) in [5.74, 6) is -0.766. The van der Waals surface area contributed by atoms with Crippen LogP contribution >= 0.6 is 0 Å². The van der Waals surface area contributed by atoms with Gasteiger partial charge in [0.05, 0.1) is 17.7 Å². The highest BCUT2D eigenvalue weighted by Gasteiger charge is 2.04. The van der Waals surface area contributed by atoms with Gasteiger partial charge in [-0.3, -0.25) is 14.9 Å². The number of hydrogen-bond acceptors (Lipinski definition) is 5. The van der Waals surface area contributed by atoms with Gasteiger partial charge in [0, 0.05) is 23.4 Å². The zero-order chi connectivity index (χ0) is 16.7. The molecule has 0 aromatic heterocycles. The van der Waals surface area contributed by atoms with Crippen LogP contribution < -0.4 is 10.7 Å². The van der Waals surface area contributed by atoms with Crippen molar-refractivity contribution in [3.05, 3.63) is 70.0 Å². The summed E-state index contributed by atoms with van der Waals surface area (Å²) in [6.07, 6.45) is 1.31. The normalized spacial score (nSPS) is 10.5. The number of non-ortho nitro benzene ring substituents is 1. The fourth-order valence-electron chi connectivity index (χ4n) is 1.69. The van der Waals surface area contributed by atoms with Gasteiger partial charge < -0.3 is 5.32 Å². The van der Waals surface area contributed by atoms with E-state index in [2.05, 4.69) is 15.8 Å². The summed E-state index contributed by atoms with van der Waals surface area (Å²) < 4.78 is 12.7. The van der Waals surface area contributed by atoms with E-state index in [0.717, 1.165) is 0 Å². The largest absolute Gasteiger partial charge is 0.376 e. The topological polar surface area (TPSA) is 96.6 Å². The molecule has 1 amide bonds. The summed E-state index contributed by atoms with van der Waals surface area (Å²) in [6.45, 7) is -0.0437. The number of anilines is 1. The maximum absolute atomic E-state index is 12.7. The van der Waals surface area contributed by atoms with Crippen molar-refractivity contribution < 1.29 is 14.1 Å². The number of carbonyl (C=O) groups is 1. The third kappa shape index (κ3) is 5.20. The van der Waals surface area contributed by atoms with E-state index in [1.165, 1.54) is 48.7 Å². The molecule has 0 unspecified atom stereocenters. The highest BCUT2D eigenvalue weighted by Crippen LogP contribution is 2.11. The molecule has 0 spiro atoms. The lowest BCUT2D eigenvalue weighted by Gasteiger charge is -2.04. The molecule has 2 aromatic carbocycles. The van der Waals surface area contributed by atoms with Crippen molar-refractivity contribution in [1.82, 2.24) is 5.43 Å². The summed E-state index contributed by atoms with van der Waals surface area (Å²) in [5.41, 5.74) is 3.32. The van der Waals surface area contributed by atoms with Crippen molar-refractivity contribution in [3.63, 3.8) is 0 Å². The number of halogens is 1. The van der Waals surface area contributed by atoms with Crippen molar-refractivity contribution in [2.75, 3.05) is 11.9 Å². The Morgan fingerprint density at radius 2 is 2.00 bits per heavy atom. The number of nitrogens with zero attached hydrogens (tertiary/aromatic N) is 2. The van der Waals surface area contributed by atoms with Gasteiger partial charge in [0.15, 0.2) is 0 Å². The van der Waals surface area contributed by atoms with Crippen LogP contribution in [0.2, 0.25) is 0 Å². The van der Waals surface area contributed by atoms with Crippen LogP contribution in [0.3, 0.4) is 0 Å². The zero-order valence-electron chi connectivity index (χ0n) is 11.9. The van der Waals surface area contributed by atoms with Crippen LogP contribution in [0, 0.1) is 15.9 Å². The minimum absolute atomic E-state index is 0.0437. The predicted molar refractivity (Wildman–Crippen MR) is 83.7 cm³/mol. The average molecular weight is 316 g/mol. The number of hydrazone groups is 1. The van der Waals surface area contributed by atoms with Crippen LogP contribution in [0.15, 0.2) is 53.6 Å². The zero-order valence-corrected chi connectivity index (χ0v) is 11.9. The minimum Gasteiger partial charge on any atom is -0.376 e. The van der Waals surface area contributed by atoms with Crippen molar-refractivity contribution in [1.29, 1.82) is 0 Å². The molecule has 7 nitrogen and oxygen atoms in total. The lowest BCUT2D eigenvalue weighted by atomic mass is 10.2. The van der Waals surface area contributed by atoms with E-state index in [0.29, 0.717) is 11.3 Å². The van der Waals surface area contributed by atoms with Crippen molar-refractivity contribution >= 4 is 23.5 Å². The Kier molecular flexibility index (Phi) is 5.35. The molecule has 0 aliphatic heterocycles. The highest BCUT2D eigenvalue weighted by atomic mass is 19.1. The number of amides is 1. The molecular weight excluding hydrogens is 303 g/mol. The molecule has 23 heavy (non-hydrogen) atoms. The Balaban J connectivity index is 1.83. The molecule has 0 saturated carbocycles. The number of nitrogens with one attached hydrogen (secondary N) is 2. The summed E-state index contributed by atoms with van der Waals surface area (Å²) in [7, 11) is 0. The minimum atomic E-state index is -0.511. The third-order valence-electron chi connectivity index (χ3n) is 2.78. The van der Waals surface area contributed by atoms with Gasteiger partial charge in [0.2, 0.25) is 0 Å². The summed E-state index contributed by atoms with van der Waals surface area (Å²) in [6, 6.07) is 11.4. The van der Waals surface area contributed by atoms with Crippen LogP contribution in [0.25, 0.3) is 0 Å². The van der Waals surface area contributed by atoms with E-state index in [1.807, 2.05) is 0 Å². The first-order valence-electron chi connectivity index (χ1n) is 6.60.